The largest absolute Gasteiger partial charge is 0.490 e. The highest BCUT2D eigenvalue weighted by Gasteiger charge is 2.15. The SMILES string of the molecule is CCOc1cc(C#N)cc(Br)c1OCC(=O)Nc1cc(F)ccc1F. The minimum Gasteiger partial charge on any atom is -0.490 e. The lowest BCUT2D eigenvalue weighted by atomic mass is 10.2. The van der Waals surface area contributed by atoms with E-state index in [9.17, 15) is 13.6 Å². The van der Waals surface area contributed by atoms with Gasteiger partial charge in [-0.3, -0.25) is 4.79 Å². The molecule has 0 bridgehead atoms. The van der Waals surface area contributed by atoms with Crippen molar-refractivity contribution < 1.29 is 23.0 Å². The van der Waals surface area contributed by atoms with Crippen LogP contribution in [0.3, 0.4) is 0 Å². The lowest BCUT2D eigenvalue weighted by Gasteiger charge is -2.14. The molecule has 0 aromatic heterocycles. The summed E-state index contributed by atoms with van der Waals surface area (Å²) in [6.07, 6.45) is 0. The summed E-state index contributed by atoms with van der Waals surface area (Å²) in [6, 6.07) is 7.71. The van der Waals surface area contributed by atoms with Crippen LogP contribution < -0.4 is 14.8 Å². The molecule has 1 amide bonds. The number of carbonyl (C=O) groups is 1. The summed E-state index contributed by atoms with van der Waals surface area (Å²) in [5.74, 6) is -1.59. The Balaban J connectivity index is 2.11. The van der Waals surface area contributed by atoms with Crippen LogP contribution in [-0.4, -0.2) is 19.1 Å². The number of benzene rings is 2. The fourth-order valence-corrected chi connectivity index (χ4v) is 2.51. The predicted molar refractivity (Wildman–Crippen MR) is 90.5 cm³/mol. The highest BCUT2D eigenvalue weighted by Crippen LogP contribution is 2.36. The maximum atomic E-state index is 13.5. The fraction of sp³-hybridized carbons (Fsp3) is 0.176. The molecule has 2 rings (SSSR count). The van der Waals surface area contributed by atoms with E-state index in [-0.39, 0.29) is 17.2 Å². The molecular weight excluding hydrogens is 398 g/mol. The number of anilines is 1. The van der Waals surface area contributed by atoms with Crippen LogP contribution in [0.2, 0.25) is 0 Å². The third-order valence-corrected chi connectivity index (χ3v) is 3.58. The van der Waals surface area contributed by atoms with E-state index in [4.69, 9.17) is 14.7 Å². The van der Waals surface area contributed by atoms with Crippen LogP contribution in [0.25, 0.3) is 0 Å². The molecule has 0 heterocycles. The van der Waals surface area contributed by atoms with Crippen molar-refractivity contribution in [1.82, 2.24) is 0 Å². The first kappa shape index (κ1) is 18.7. The van der Waals surface area contributed by atoms with E-state index in [0.717, 1.165) is 18.2 Å². The molecule has 2 aromatic carbocycles. The Morgan fingerprint density at radius 1 is 1.28 bits per heavy atom. The zero-order valence-electron chi connectivity index (χ0n) is 13.1. The zero-order valence-corrected chi connectivity index (χ0v) is 14.7. The van der Waals surface area contributed by atoms with Gasteiger partial charge in [-0.1, -0.05) is 0 Å². The van der Waals surface area contributed by atoms with Crippen molar-refractivity contribution in [3.63, 3.8) is 0 Å². The molecule has 0 aliphatic carbocycles. The van der Waals surface area contributed by atoms with Crippen LogP contribution in [-0.2, 0) is 4.79 Å². The van der Waals surface area contributed by atoms with Gasteiger partial charge in [-0.2, -0.15) is 5.26 Å². The topological polar surface area (TPSA) is 71.3 Å². The third kappa shape index (κ3) is 4.90. The molecule has 0 unspecified atom stereocenters. The van der Waals surface area contributed by atoms with E-state index in [1.54, 1.807) is 6.92 Å². The monoisotopic (exact) mass is 410 g/mol. The molecule has 1 N–H and O–H groups in total. The summed E-state index contributed by atoms with van der Waals surface area (Å²) < 4.78 is 37.9. The Morgan fingerprint density at radius 2 is 2.04 bits per heavy atom. The van der Waals surface area contributed by atoms with Gasteiger partial charge in [0.05, 0.1) is 28.4 Å². The van der Waals surface area contributed by atoms with Gasteiger partial charge in [0.2, 0.25) is 0 Å². The number of hydrogen-bond acceptors (Lipinski definition) is 4. The molecule has 5 nitrogen and oxygen atoms in total. The van der Waals surface area contributed by atoms with Crippen molar-refractivity contribution in [1.29, 1.82) is 5.26 Å². The second kappa shape index (κ2) is 8.44. The first-order chi connectivity index (χ1) is 11.9. The average molecular weight is 411 g/mol. The summed E-state index contributed by atoms with van der Waals surface area (Å²) in [7, 11) is 0. The maximum absolute atomic E-state index is 13.5. The van der Waals surface area contributed by atoms with Gasteiger partial charge in [0, 0.05) is 12.1 Å². The van der Waals surface area contributed by atoms with Crippen LogP contribution in [0.4, 0.5) is 14.5 Å². The van der Waals surface area contributed by atoms with E-state index < -0.39 is 24.1 Å². The number of nitriles is 1. The lowest BCUT2D eigenvalue weighted by molar-refractivity contribution is -0.118. The van der Waals surface area contributed by atoms with E-state index in [2.05, 4.69) is 21.2 Å². The number of amides is 1. The Morgan fingerprint density at radius 3 is 2.72 bits per heavy atom. The van der Waals surface area contributed by atoms with Gasteiger partial charge in [0.25, 0.3) is 5.91 Å². The lowest BCUT2D eigenvalue weighted by Crippen LogP contribution is -2.21. The molecule has 0 fully saturated rings. The summed E-state index contributed by atoms with van der Waals surface area (Å²) >= 11 is 3.25. The van der Waals surface area contributed by atoms with Crippen molar-refractivity contribution in [2.24, 2.45) is 0 Å². The summed E-state index contributed by atoms with van der Waals surface area (Å²) in [5, 5.41) is 11.2. The smallest absolute Gasteiger partial charge is 0.262 e. The van der Waals surface area contributed by atoms with E-state index >= 15 is 0 Å². The molecular formula is C17H13BrF2N2O3. The highest BCUT2D eigenvalue weighted by molar-refractivity contribution is 9.10. The zero-order chi connectivity index (χ0) is 18.4. The molecule has 0 aliphatic heterocycles. The Bertz CT molecular complexity index is 837. The molecule has 0 atom stereocenters. The Kier molecular flexibility index (Phi) is 6.31. The van der Waals surface area contributed by atoms with Gasteiger partial charge in [-0.05, 0) is 41.1 Å². The number of nitrogens with zero attached hydrogens (tertiary/aromatic N) is 1. The number of nitrogens with one attached hydrogen (secondary N) is 1. The van der Waals surface area contributed by atoms with Crippen LogP contribution in [0.15, 0.2) is 34.8 Å². The molecule has 0 aliphatic rings. The third-order valence-electron chi connectivity index (χ3n) is 2.99. The Labute approximate surface area is 151 Å². The minimum atomic E-state index is -0.760. The van der Waals surface area contributed by atoms with Gasteiger partial charge in [0.1, 0.15) is 11.6 Å². The molecule has 2 aromatic rings. The summed E-state index contributed by atoms with van der Waals surface area (Å²) in [4.78, 5) is 11.9. The van der Waals surface area contributed by atoms with Crippen molar-refractivity contribution >= 4 is 27.5 Å². The van der Waals surface area contributed by atoms with Crippen molar-refractivity contribution in [3.05, 3.63) is 52.0 Å². The van der Waals surface area contributed by atoms with E-state index in [1.165, 1.54) is 12.1 Å². The molecule has 0 saturated carbocycles. The molecule has 0 saturated heterocycles. The minimum absolute atomic E-state index is 0.232. The van der Waals surface area contributed by atoms with E-state index in [0.29, 0.717) is 16.6 Å². The number of carbonyl (C=O) groups excluding carboxylic acids is 1. The number of rotatable bonds is 6. The first-order valence-electron chi connectivity index (χ1n) is 7.18. The molecule has 25 heavy (non-hydrogen) atoms. The summed E-state index contributed by atoms with van der Waals surface area (Å²) in [5.41, 5.74) is 0.0754. The quantitative estimate of drug-likeness (QED) is 0.780. The van der Waals surface area contributed by atoms with E-state index in [1.807, 2.05) is 6.07 Å². The highest BCUT2D eigenvalue weighted by atomic mass is 79.9. The average Bonchev–Trinajstić information content (AvgIpc) is 2.57. The van der Waals surface area contributed by atoms with Crippen molar-refractivity contribution in [2.75, 3.05) is 18.5 Å². The van der Waals surface area contributed by atoms with Crippen molar-refractivity contribution in [2.45, 2.75) is 6.92 Å². The molecule has 0 spiro atoms. The maximum Gasteiger partial charge on any atom is 0.262 e. The predicted octanol–water partition coefficient (Wildman–Crippen LogP) is 4.02. The van der Waals surface area contributed by atoms with Gasteiger partial charge in [-0.25, -0.2) is 8.78 Å². The number of hydrogen-bond donors (Lipinski definition) is 1. The molecule has 8 heteroatoms. The molecule has 0 radical (unpaired) electrons. The normalized spacial score (nSPS) is 10.0. The number of ether oxygens (including phenoxy) is 2. The van der Waals surface area contributed by atoms with Crippen LogP contribution >= 0.6 is 15.9 Å². The second-order valence-corrected chi connectivity index (χ2v) is 5.65. The van der Waals surface area contributed by atoms with Crippen molar-refractivity contribution in [3.8, 4) is 17.6 Å². The van der Waals surface area contributed by atoms with Crippen LogP contribution in [0.5, 0.6) is 11.5 Å². The van der Waals surface area contributed by atoms with Gasteiger partial charge < -0.3 is 14.8 Å². The van der Waals surface area contributed by atoms with Gasteiger partial charge in [0.15, 0.2) is 18.1 Å². The molecule has 130 valence electrons. The number of halogens is 3. The van der Waals surface area contributed by atoms with Gasteiger partial charge in [-0.15, -0.1) is 0 Å². The standard InChI is InChI=1S/C17H13BrF2N2O3/c1-2-24-15-6-10(8-21)5-12(18)17(15)25-9-16(23)22-14-7-11(19)3-4-13(14)20/h3-7H,2,9H2,1H3,(H,22,23). The summed E-state index contributed by atoms with van der Waals surface area (Å²) in [6.45, 7) is 1.63. The second-order valence-electron chi connectivity index (χ2n) is 4.79. The first-order valence-corrected chi connectivity index (χ1v) is 7.98. The van der Waals surface area contributed by atoms with Crippen LogP contribution in [0, 0.1) is 23.0 Å². The van der Waals surface area contributed by atoms with Gasteiger partial charge >= 0.3 is 0 Å². The van der Waals surface area contributed by atoms with Crippen LogP contribution in [0.1, 0.15) is 12.5 Å². The fourth-order valence-electron chi connectivity index (χ4n) is 1.95. The Hall–Kier alpha value is -2.66.